The van der Waals surface area contributed by atoms with Gasteiger partial charge in [-0.3, -0.25) is 14.7 Å². The van der Waals surface area contributed by atoms with Gasteiger partial charge in [-0.1, -0.05) is 12.1 Å². The molecule has 0 bridgehead atoms. The lowest BCUT2D eigenvalue weighted by Crippen LogP contribution is -2.26. The SMILES string of the molecule is CNC(=O)c1cc2ccc(-c3cc4[nH]ncc4c(O[C@H](C)[C@H]4CNC(=O)C4)n3)cc2n1C. The summed E-state index contributed by atoms with van der Waals surface area (Å²) in [7, 11) is 3.49. The summed E-state index contributed by atoms with van der Waals surface area (Å²) < 4.78 is 8.09. The molecule has 0 spiro atoms. The van der Waals surface area contributed by atoms with Crippen LogP contribution in [0.2, 0.25) is 0 Å². The van der Waals surface area contributed by atoms with Crippen molar-refractivity contribution in [3.05, 3.63) is 42.2 Å². The number of aromatic amines is 1. The van der Waals surface area contributed by atoms with Crippen molar-refractivity contribution >= 4 is 33.6 Å². The minimum absolute atomic E-state index is 0.0487. The van der Waals surface area contributed by atoms with Crippen LogP contribution in [0, 0.1) is 5.92 Å². The fourth-order valence-corrected chi connectivity index (χ4v) is 4.22. The van der Waals surface area contributed by atoms with Crippen molar-refractivity contribution in [1.29, 1.82) is 0 Å². The zero-order valence-electron chi connectivity index (χ0n) is 18.1. The van der Waals surface area contributed by atoms with Crippen molar-refractivity contribution < 1.29 is 14.3 Å². The zero-order chi connectivity index (χ0) is 22.4. The highest BCUT2D eigenvalue weighted by atomic mass is 16.5. The molecule has 164 valence electrons. The number of fused-ring (bicyclic) bond motifs is 2. The Morgan fingerprint density at radius 2 is 2.16 bits per heavy atom. The first-order valence-corrected chi connectivity index (χ1v) is 10.5. The molecule has 4 aromatic rings. The number of carbonyl (C=O) groups excluding carboxylic acids is 2. The lowest BCUT2D eigenvalue weighted by Gasteiger charge is -2.19. The van der Waals surface area contributed by atoms with Crippen LogP contribution in [0.15, 0.2) is 36.5 Å². The molecule has 2 amide bonds. The molecule has 1 aliphatic heterocycles. The standard InChI is InChI=1S/C23H24N6O3/c1-12(15-8-21(30)25-10-15)32-23-16-11-26-28-18(16)9-17(27-23)13-4-5-14-7-20(22(31)24-2)29(3)19(14)6-13/h4-7,9,11-12,15H,8,10H2,1-3H3,(H,24,31)(H,25,30)(H,26,28)/t12-,15-/m1/s1. The summed E-state index contributed by atoms with van der Waals surface area (Å²) in [6.07, 6.45) is 1.97. The van der Waals surface area contributed by atoms with E-state index in [2.05, 4.69) is 20.8 Å². The third kappa shape index (κ3) is 3.35. The molecule has 32 heavy (non-hydrogen) atoms. The van der Waals surface area contributed by atoms with Crippen molar-refractivity contribution in [3.63, 3.8) is 0 Å². The van der Waals surface area contributed by atoms with Crippen LogP contribution >= 0.6 is 0 Å². The summed E-state index contributed by atoms with van der Waals surface area (Å²) in [5, 5.41) is 14.4. The summed E-state index contributed by atoms with van der Waals surface area (Å²) in [5.41, 5.74) is 3.96. The summed E-state index contributed by atoms with van der Waals surface area (Å²) in [5.74, 6) is 0.494. The highest BCUT2D eigenvalue weighted by Gasteiger charge is 2.29. The molecule has 1 aromatic carbocycles. The van der Waals surface area contributed by atoms with Crippen LogP contribution < -0.4 is 15.4 Å². The maximum absolute atomic E-state index is 12.2. The second-order valence-electron chi connectivity index (χ2n) is 8.18. The van der Waals surface area contributed by atoms with E-state index in [0.29, 0.717) is 24.5 Å². The zero-order valence-corrected chi connectivity index (χ0v) is 18.1. The largest absolute Gasteiger partial charge is 0.474 e. The second-order valence-corrected chi connectivity index (χ2v) is 8.18. The van der Waals surface area contributed by atoms with Crippen molar-refractivity contribution in [2.75, 3.05) is 13.6 Å². The minimum atomic E-state index is -0.180. The summed E-state index contributed by atoms with van der Waals surface area (Å²) in [4.78, 5) is 28.5. The molecule has 0 radical (unpaired) electrons. The third-order valence-electron chi connectivity index (χ3n) is 6.17. The predicted octanol–water partition coefficient (Wildman–Crippen LogP) is 2.38. The van der Waals surface area contributed by atoms with E-state index >= 15 is 0 Å². The Labute approximate surface area is 184 Å². The van der Waals surface area contributed by atoms with Gasteiger partial charge in [-0.2, -0.15) is 5.10 Å². The number of nitrogens with zero attached hydrogens (tertiary/aromatic N) is 3. The van der Waals surface area contributed by atoms with Crippen LogP contribution in [0.1, 0.15) is 23.8 Å². The smallest absolute Gasteiger partial charge is 0.267 e. The number of nitrogens with one attached hydrogen (secondary N) is 3. The van der Waals surface area contributed by atoms with Gasteiger partial charge in [0.25, 0.3) is 5.91 Å². The van der Waals surface area contributed by atoms with Gasteiger partial charge in [-0.15, -0.1) is 0 Å². The summed E-state index contributed by atoms with van der Waals surface area (Å²) in [6, 6.07) is 9.78. The average molecular weight is 432 g/mol. The van der Waals surface area contributed by atoms with E-state index in [0.717, 1.165) is 33.1 Å². The number of pyridine rings is 1. The first kappa shape index (κ1) is 20.0. The highest BCUT2D eigenvalue weighted by molar-refractivity contribution is 5.99. The van der Waals surface area contributed by atoms with Crippen molar-refractivity contribution in [2.45, 2.75) is 19.4 Å². The van der Waals surface area contributed by atoms with Gasteiger partial charge in [0.1, 0.15) is 11.8 Å². The molecular weight excluding hydrogens is 408 g/mol. The number of hydrogen-bond donors (Lipinski definition) is 3. The molecular formula is C23H24N6O3. The maximum Gasteiger partial charge on any atom is 0.267 e. The number of aromatic nitrogens is 4. The lowest BCUT2D eigenvalue weighted by atomic mass is 10.0. The van der Waals surface area contributed by atoms with Gasteiger partial charge in [0, 0.05) is 49.4 Å². The molecule has 1 saturated heterocycles. The molecule has 2 atom stereocenters. The first-order valence-electron chi connectivity index (χ1n) is 10.5. The van der Waals surface area contributed by atoms with Crippen LogP contribution in [0.5, 0.6) is 5.88 Å². The Morgan fingerprint density at radius 1 is 1.31 bits per heavy atom. The lowest BCUT2D eigenvalue weighted by molar-refractivity contribution is -0.119. The Kier molecular flexibility index (Phi) is 4.80. The number of H-pyrrole nitrogens is 1. The van der Waals surface area contributed by atoms with E-state index in [1.54, 1.807) is 13.2 Å². The Morgan fingerprint density at radius 3 is 2.91 bits per heavy atom. The van der Waals surface area contributed by atoms with Crippen LogP contribution in [-0.4, -0.2) is 51.3 Å². The summed E-state index contributed by atoms with van der Waals surface area (Å²) >= 11 is 0. The van der Waals surface area contributed by atoms with Crippen LogP contribution in [-0.2, 0) is 11.8 Å². The Balaban J connectivity index is 1.54. The molecule has 9 heteroatoms. The monoisotopic (exact) mass is 432 g/mol. The predicted molar refractivity (Wildman–Crippen MR) is 120 cm³/mol. The molecule has 9 nitrogen and oxygen atoms in total. The molecule has 0 unspecified atom stereocenters. The number of rotatable bonds is 5. The number of amides is 2. The van der Waals surface area contributed by atoms with Crippen LogP contribution in [0.3, 0.4) is 0 Å². The van der Waals surface area contributed by atoms with Gasteiger partial charge in [0.05, 0.1) is 22.8 Å². The van der Waals surface area contributed by atoms with Gasteiger partial charge in [0.2, 0.25) is 11.8 Å². The van der Waals surface area contributed by atoms with Gasteiger partial charge in [-0.25, -0.2) is 4.98 Å². The number of benzene rings is 1. The number of hydrogen-bond acceptors (Lipinski definition) is 5. The molecule has 3 N–H and O–H groups in total. The Hall–Kier alpha value is -3.88. The Bertz CT molecular complexity index is 1350. The van der Waals surface area contributed by atoms with Gasteiger partial charge in [0.15, 0.2) is 0 Å². The molecule has 0 saturated carbocycles. The fraction of sp³-hybridized carbons (Fsp3) is 0.304. The highest BCUT2D eigenvalue weighted by Crippen LogP contribution is 2.32. The topological polar surface area (TPSA) is 114 Å². The molecule has 5 rings (SSSR count). The van der Waals surface area contributed by atoms with Crippen molar-refractivity contribution in [2.24, 2.45) is 13.0 Å². The number of ether oxygens (including phenoxy) is 1. The molecule has 1 fully saturated rings. The third-order valence-corrected chi connectivity index (χ3v) is 6.17. The van der Waals surface area contributed by atoms with E-state index in [1.165, 1.54) is 0 Å². The quantitative estimate of drug-likeness (QED) is 0.448. The maximum atomic E-state index is 12.2. The van der Waals surface area contributed by atoms with Crippen molar-refractivity contribution in [3.8, 4) is 17.1 Å². The van der Waals surface area contributed by atoms with E-state index in [-0.39, 0.29) is 23.8 Å². The van der Waals surface area contributed by atoms with E-state index in [9.17, 15) is 9.59 Å². The first-order chi connectivity index (χ1) is 15.4. The normalized spacial score (nSPS) is 17.0. The van der Waals surface area contributed by atoms with Crippen molar-refractivity contribution in [1.82, 2.24) is 30.4 Å². The van der Waals surface area contributed by atoms with Crippen LogP contribution in [0.4, 0.5) is 0 Å². The van der Waals surface area contributed by atoms with E-state index in [4.69, 9.17) is 9.72 Å². The number of carbonyl (C=O) groups is 2. The van der Waals surface area contributed by atoms with Gasteiger partial charge in [-0.05, 0) is 25.1 Å². The molecule has 0 aliphatic carbocycles. The number of aryl methyl sites for hydroxylation is 1. The van der Waals surface area contributed by atoms with Crippen LogP contribution in [0.25, 0.3) is 33.1 Å². The van der Waals surface area contributed by atoms with E-state index < -0.39 is 0 Å². The summed E-state index contributed by atoms with van der Waals surface area (Å²) in [6.45, 7) is 2.56. The van der Waals surface area contributed by atoms with Gasteiger partial charge < -0.3 is 19.9 Å². The fourth-order valence-electron chi connectivity index (χ4n) is 4.22. The molecule has 1 aliphatic rings. The molecule has 3 aromatic heterocycles. The van der Waals surface area contributed by atoms with Gasteiger partial charge >= 0.3 is 0 Å². The van der Waals surface area contributed by atoms with E-state index in [1.807, 2.05) is 48.9 Å². The minimum Gasteiger partial charge on any atom is -0.474 e. The second kappa shape index (κ2) is 7.67. The molecule has 4 heterocycles. The average Bonchev–Trinajstić information content (AvgIpc) is 3.52.